The van der Waals surface area contributed by atoms with Crippen LogP contribution in [-0.4, -0.2) is 31.8 Å². The van der Waals surface area contributed by atoms with E-state index in [1.165, 1.54) is 23.5 Å². The first-order valence-electron chi connectivity index (χ1n) is 9.51. The Kier molecular flexibility index (Phi) is 6.14. The first-order chi connectivity index (χ1) is 14.9. The van der Waals surface area contributed by atoms with Gasteiger partial charge in [-0.05, 0) is 36.5 Å². The maximum atomic E-state index is 13.0. The number of benzene rings is 1. The number of hydrogen-bond donors (Lipinski definition) is 0. The Morgan fingerprint density at radius 1 is 1.06 bits per heavy atom. The zero-order valence-electron chi connectivity index (χ0n) is 16.5. The maximum Gasteiger partial charge on any atom is 0.416 e. The normalized spacial score (nSPS) is 12.0. The van der Waals surface area contributed by atoms with E-state index in [9.17, 15) is 13.2 Å². The van der Waals surface area contributed by atoms with Gasteiger partial charge in [-0.3, -0.25) is 4.90 Å². The van der Waals surface area contributed by atoms with Crippen LogP contribution >= 0.6 is 11.3 Å². The van der Waals surface area contributed by atoms with Gasteiger partial charge in [0.05, 0.1) is 23.5 Å². The lowest BCUT2D eigenvalue weighted by molar-refractivity contribution is -0.137. The minimum atomic E-state index is -4.44. The first-order valence-corrected chi connectivity index (χ1v) is 10.4. The molecule has 0 spiro atoms. The molecule has 0 saturated carbocycles. The molecule has 0 amide bonds. The Morgan fingerprint density at radius 3 is 2.65 bits per heavy atom. The summed E-state index contributed by atoms with van der Waals surface area (Å²) >= 11 is 1.51. The van der Waals surface area contributed by atoms with Crippen molar-refractivity contribution in [2.45, 2.75) is 32.6 Å². The van der Waals surface area contributed by atoms with Crippen molar-refractivity contribution >= 4 is 11.3 Å². The van der Waals surface area contributed by atoms with Crippen LogP contribution in [-0.2, 0) is 19.3 Å². The van der Waals surface area contributed by atoms with Crippen molar-refractivity contribution < 1.29 is 22.1 Å². The molecule has 0 aliphatic carbocycles. The number of thiophene rings is 1. The predicted octanol–water partition coefficient (Wildman–Crippen LogP) is 5.28. The topological polar surface area (TPSA) is 81.1 Å². The quantitative estimate of drug-likeness (QED) is 0.362. The highest BCUT2D eigenvalue weighted by Crippen LogP contribution is 2.31. The van der Waals surface area contributed by atoms with Crippen molar-refractivity contribution in [1.82, 2.24) is 25.2 Å². The Labute approximate surface area is 179 Å². The van der Waals surface area contributed by atoms with Gasteiger partial charge in [0, 0.05) is 5.56 Å². The van der Waals surface area contributed by atoms with Gasteiger partial charge in [-0.1, -0.05) is 30.3 Å². The van der Waals surface area contributed by atoms with E-state index in [1.54, 1.807) is 0 Å². The van der Waals surface area contributed by atoms with Crippen LogP contribution in [0, 0.1) is 0 Å². The Balaban J connectivity index is 1.47. The van der Waals surface area contributed by atoms with Gasteiger partial charge in [0.1, 0.15) is 0 Å². The van der Waals surface area contributed by atoms with E-state index in [0.29, 0.717) is 37.3 Å². The molecule has 0 N–H and O–H groups in total. The lowest BCUT2D eigenvalue weighted by atomic mass is 10.1. The van der Waals surface area contributed by atoms with E-state index in [2.05, 4.69) is 20.3 Å². The van der Waals surface area contributed by atoms with Crippen molar-refractivity contribution in [3.63, 3.8) is 0 Å². The van der Waals surface area contributed by atoms with Crippen LogP contribution in [0.25, 0.3) is 22.2 Å². The van der Waals surface area contributed by atoms with Crippen LogP contribution < -0.4 is 0 Å². The van der Waals surface area contributed by atoms with Gasteiger partial charge in [0.15, 0.2) is 0 Å². The molecule has 0 aliphatic rings. The fourth-order valence-corrected chi connectivity index (χ4v) is 3.65. The summed E-state index contributed by atoms with van der Waals surface area (Å²) in [6.07, 6.45) is -3.58. The van der Waals surface area contributed by atoms with E-state index in [1.807, 2.05) is 29.3 Å². The van der Waals surface area contributed by atoms with Crippen LogP contribution in [0.1, 0.15) is 30.7 Å². The van der Waals surface area contributed by atoms with Crippen LogP contribution in [0.4, 0.5) is 13.2 Å². The van der Waals surface area contributed by atoms with Gasteiger partial charge in [-0.15, -0.1) is 21.5 Å². The highest BCUT2D eigenvalue weighted by Gasteiger charge is 2.30. The lowest BCUT2D eigenvalue weighted by Crippen LogP contribution is -2.24. The van der Waals surface area contributed by atoms with E-state index in [4.69, 9.17) is 8.94 Å². The fraction of sp³-hybridized carbons (Fsp3) is 0.300. The van der Waals surface area contributed by atoms with Crippen molar-refractivity contribution in [2.75, 3.05) is 6.54 Å². The van der Waals surface area contributed by atoms with Crippen molar-refractivity contribution in [3.8, 4) is 22.2 Å². The highest BCUT2D eigenvalue weighted by molar-refractivity contribution is 7.13. The number of hydrogen-bond acceptors (Lipinski definition) is 8. The molecule has 162 valence electrons. The van der Waals surface area contributed by atoms with Gasteiger partial charge in [0.25, 0.3) is 5.89 Å². The molecule has 0 bridgehead atoms. The summed E-state index contributed by atoms with van der Waals surface area (Å²) in [5, 5.41) is 13.9. The van der Waals surface area contributed by atoms with E-state index in [-0.39, 0.29) is 11.4 Å². The molecule has 0 aliphatic heterocycles. The summed E-state index contributed by atoms with van der Waals surface area (Å²) in [7, 11) is 0. The van der Waals surface area contributed by atoms with Crippen LogP contribution in [0.5, 0.6) is 0 Å². The molecule has 11 heteroatoms. The molecule has 0 radical (unpaired) electrons. The largest absolute Gasteiger partial charge is 0.419 e. The molecule has 3 heterocycles. The third-order valence-electron chi connectivity index (χ3n) is 4.37. The zero-order chi connectivity index (χ0) is 21.8. The summed E-state index contributed by atoms with van der Waals surface area (Å²) < 4.78 is 49.9. The number of rotatable bonds is 8. The summed E-state index contributed by atoms with van der Waals surface area (Å²) in [6, 6.07) is 8.65. The lowest BCUT2D eigenvalue weighted by Gasteiger charge is -2.16. The number of nitrogens with zero attached hydrogens (tertiary/aromatic N) is 5. The van der Waals surface area contributed by atoms with Gasteiger partial charge < -0.3 is 8.94 Å². The average Bonchev–Trinajstić information content (AvgIpc) is 3.49. The number of aromatic nitrogens is 4. The maximum absolute atomic E-state index is 13.0. The molecule has 7 nitrogen and oxygen atoms in total. The number of alkyl halides is 3. The monoisotopic (exact) mass is 449 g/mol. The molecule has 31 heavy (non-hydrogen) atoms. The molecule has 1 aromatic carbocycles. The third-order valence-corrected chi connectivity index (χ3v) is 5.23. The van der Waals surface area contributed by atoms with Crippen LogP contribution in [0.2, 0.25) is 0 Å². The number of halogens is 3. The summed E-state index contributed by atoms with van der Waals surface area (Å²) in [6.45, 7) is 3.42. The van der Waals surface area contributed by atoms with Gasteiger partial charge in [-0.2, -0.15) is 18.2 Å². The standard InChI is InChI=1S/C20H18F3N5O2S/c1-2-8-28(12-17-25-26-19(29-17)15-7-4-9-31-15)11-16-24-18(27-30-16)13-5-3-6-14(10-13)20(21,22)23/h3-7,9-10H,2,8,11-12H2,1H3. The zero-order valence-corrected chi connectivity index (χ0v) is 17.3. The molecular weight excluding hydrogens is 431 g/mol. The van der Waals surface area contributed by atoms with E-state index >= 15 is 0 Å². The second-order valence-corrected chi connectivity index (χ2v) is 7.73. The Bertz CT molecular complexity index is 1120. The fourth-order valence-electron chi connectivity index (χ4n) is 3.00. The molecule has 0 saturated heterocycles. The second kappa shape index (κ2) is 8.98. The molecule has 0 unspecified atom stereocenters. The highest BCUT2D eigenvalue weighted by atomic mass is 32.1. The van der Waals surface area contributed by atoms with E-state index < -0.39 is 11.7 Å². The summed E-state index contributed by atoms with van der Waals surface area (Å²) in [4.78, 5) is 7.15. The van der Waals surface area contributed by atoms with Crippen molar-refractivity contribution in [2.24, 2.45) is 0 Å². The van der Waals surface area contributed by atoms with Gasteiger partial charge >= 0.3 is 6.18 Å². The van der Waals surface area contributed by atoms with Crippen molar-refractivity contribution in [1.29, 1.82) is 0 Å². The van der Waals surface area contributed by atoms with Gasteiger partial charge in [0.2, 0.25) is 17.6 Å². The minimum absolute atomic E-state index is 0.107. The van der Waals surface area contributed by atoms with E-state index in [0.717, 1.165) is 23.4 Å². The predicted molar refractivity (Wildman–Crippen MR) is 107 cm³/mol. The van der Waals surface area contributed by atoms with Crippen LogP contribution in [0.3, 0.4) is 0 Å². The smallest absolute Gasteiger partial charge is 0.416 e. The molecule has 4 rings (SSSR count). The Hall–Kier alpha value is -3.05. The summed E-state index contributed by atoms with van der Waals surface area (Å²) in [5.41, 5.74) is -0.522. The molecule has 0 fully saturated rings. The first kappa shape index (κ1) is 21.2. The molecule has 0 atom stereocenters. The average molecular weight is 449 g/mol. The molecular formula is C20H18F3N5O2S. The molecule has 3 aromatic heterocycles. The van der Waals surface area contributed by atoms with Gasteiger partial charge in [-0.25, -0.2) is 0 Å². The van der Waals surface area contributed by atoms with Crippen LogP contribution in [0.15, 0.2) is 50.7 Å². The van der Waals surface area contributed by atoms with Crippen molar-refractivity contribution in [3.05, 3.63) is 59.1 Å². The molecule has 4 aromatic rings. The SMILES string of the molecule is CCCN(Cc1nc(-c2cccc(C(F)(F)F)c2)no1)Cc1nnc(-c2cccs2)o1. The minimum Gasteiger partial charge on any atom is -0.419 e. The third kappa shape index (κ3) is 5.17. The summed E-state index contributed by atoms with van der Waals surface area (Å²) in [5.74, 6) is 1.31. The second-order valence-electron chi connectivity index (χ2n) is 6.78. The Morgan fingerprint density at radius 2 is 1.90 bits per heavy atom.